The van der Waals surface area contributed by atoms with E-state index in [4.69, 9.17) is 0 Å². The number of hydrogen-bond donors (Lipinski definition) is 2. The van der Waals surface area contributed by atoms with Crippen LogP contribution in [-0.4, -0.2) is 19.0 Å². The predicted octanol–water partition coefficient (Wildman–Crippen LogP) is 2.96. The van der Waals surface area contributed by atoms with E-state index in [1.807, 2.05) is 32.2 Å². The fraction of sp³-hybridized carbons (Fsp3) is 0.533. The number of rotatable bonds is 3. The van der Waals surface area contributed by atoms with Gasteiger partial charge in [0.1, 0.15) is 0 Å². The van der Waals surface area contributed by atoms with E-state index < -0.39 is 0 Å². The molecule has 0 bridgehead atoms. The molecule has 1 amide bonds. The summed E-state index contributed by atoms with van der Waals surface area (Å²) in [6.07, 6.45) is 3.56. The molecule has 0 aromatic heterocycles. The van der Waals surface area contributed by atoms with Crippen molar-refractivity contribution in [1.29, 1.82) is 0 Å². The van der Waals surface area contributed by atoms with E-state index in [-0.39, 0.29) is 5.91 Å². The molecule has 1 aromatic rings. The van der Waals surface area contributed by atoms with Crippen LogP contribution in [0.4, 0.5) is 5.69 Å². The van der Waals surface area contributed by atoms with E-state index in [1.165, 1.54) is 12.8 Å². The summed E-state index contributed by atoms with van der Waals surface area (Å²) in [5, 5.41) is 6.26. The molecule has 0 heterocycles. The highest BCUT2D eigenvalue weighted by molar-refractivity contribution is 5.95. The van der Waals surface area contributed by atoms with Crippen LogP contribution in [0.3, 0.4) is 0 Å². The molecule has 0 saturated heterocycles. The molecule has 3 heteroatoms. The minimum Gasteiger partial charge on any atom is -0.388 e. The molecule has 1 aliphatic carbocycles. The first-order valence-electron chi connectivity index (χ1n) is 6.71. The van der Waals surface area contributed by atoms with Crippen LogP contribution in [0.2, 0.25) is 0 Å². The molecule has 1 saturated carbocycles. The van der Waals surface area contributed by atoms with Gasteiger partial charge >= 0.3 is 0 Å². The fourth-order valence-corrected chi connectivity index (χ4v) is 2.70. The van der Waals surface area contributed by atoms with Crippen molar-refractivity contribution in [1.82, 2.24) is 5.32 Å². The molecule has 1 fully saturated rings. The highest BCUT2D eigenvalue weighted by Gasteiger charge is 2.25. The maximum Gasteiger partial charge on any atom is 0.251 e. The number of benzene rings is 1. The van der Waals surface area contributed by atoms with Gasteiger partial charge < -0.3 is 10.6 Å². The Hall–Kier alpha value is -1.51. The predicted molar refractivity (Wildman–Crippen MR) is 75.0 cm³/mol. The summed E-state index contributed by atoms with van der Waals surface area (Å²) in [5.41, 5.74) is 2.93. The summed E-state index contributed by atoms with van der Waals surface area (Å²) in [4.78, 5) is 12.2. The number of hydrogen-bond acceptors (Lipinski definition) is 2. The summed E-state index contributed by atoms with van der Waals surface area (Å²) >= 11 is 0. The van der Waals surface area contributed by atoms with E-state index in [0.29, 0.717) is 12.0 Å². The Balaban J connectivity index is 2.07. The molecule has 2 unspecified atom stereocenters. The van der Waals surface area contributed by atoms with Gasteiger partial charge in [0, 0.05) is 24.3 Å². The number of nitrogens with one attached hydrogen (secondary N) is 2. The van der Waals surface area contributed by atoms with Gasteiger partial charge in [-0.3, -0.25) is 4.79 Å². The average molecular weight is 246 g/mol. The molecule has 1 aromatic carbocycles. The lowest BCUT2D eigenvalue weighted by Crippen LogP contribution is -2.36. The Kier molecular flexibility index (Phi) is 3.90. The maximum absolute atomic E-state index is 12.2. The Morgan fingerprint density at radius 2 is 2.11 bits per heavy atom. The highest BCUT2D eigenvalue weighted by Crippen LogP contribution is 2.25. The Morgan fingerprint density at radius 1 is 1.33 bits per heavy atom. The van der Waals surface area contributed by atoms with Crippen molar-refractivity contribution in [3.8, 4) is 0 Å². The average Bonchev–Trinajstić information content (AvgIpc) is 2.75. The first-order valence-corrected chi connectivity index (χ1v) is 6.71. The summed E-state index contributed by atoms with van der Waals surface area (Å²) in [5.74, 6) is 0.658. The highest BCUT2D eigenvalue weighted by atomic mass is 16.1. The maximum atomic E-state index is 12.2. The molecule has 98 valence electrons. The zero-order valence-electron chi connectivity index (χ0n) is 11.4. The standard InChI is InChI=1S/C15H22N2O/c1-10-5-4-6-14(10)17-15(18)12-7-8-13(16-3)11(2)9-12/h7-10,14,16H,4-6H2,1-3H3,(H,17,18). The van der Waals surface area contributed by atoms with Crippen LogP contribution < -0.4 is 10.6 Å². The molecule has 2 atom stereocenters. The first kappa shape index (κ1) is 12.9. The lowest BCUT2D eigenvalue weighted by Gasteiger charge is -2.17. The number of aryl methyl sites for hydroxylation is 1. The third-order valence-electron chi connectivity index (χ3n) is 3.94. The quantitative estimate of drug-likeness (QED) is 0.861. The Morgan fingerprint density at radius 3 is 2.67 bits per heavy atom. The van der Waals surface area contributed by atoms with Crippen LogP contribution in [0.5, 0.6) is 0 Å². The third-order valence-corrected chi connectivity index (χ3v) is 3.94. The second-order valence-corrected chi connectivity index (χ2v) is 5.27. The van der Waals surface area contributed by atoms with Crippen LogP contribution in [0, 0.1) is 12.8 Å². The lowest BCUT2D eigenvalue weighted by molar-refractivity contribution is 0.0929. The number of anilines is 1. The van der Waals surface area contributed by atoms with E-state index in [9.17, 15) is 4.79 Å². The topological polar surface area (TPSA) is 41.1 Å². The van der Waals surface area contributed by atoms with E-state index >= 15 is 0 Å². The van der Waals surface area contributed by atoms with Crippen molar-refractivity contribution in [2.75, 3.05) is 12.4 Å². The van der Waals surface area contributed by atoms with Gasteiger partial charge in [0.15, 0.2) is 0 Å². The zero-order valence-corrected chi connectivity index (χ0v) is 11.4. The first-order chi connectivity index (χ1) is 8.61. The zero-order chi connectivity index (χ0) is 13.1. The second kappa shape index (κ2) is 5.42. The van der Waals surface area contributed by atoms with Crippen LogP contribution in [-0.2, 0) is 0 Å². The summed E-state index contributed by atoms with van der Waals surface area (Å²) in [6.45, 7) is 4.23. The largest absolute Gasteiger partial charge is 0.388 e. The van der Waals surface area contributed by atoms with Crippen LogP contribution in [0.1, 0.15) is 42.1 Å². The van der Waals surface area contributed by atoms with Gasteiger partial charge in [0.2, 0.25) is 0 Å². The minimum atomic E-state index is 0.0551. The summed E-state index contributed by atoms with van der Waals surface area (Å²) < 4.78 is 0. The smallest absolute Gasteiger partial charge is 0.251 e. The van der Waals surface area contributed by atoms with Gasteiger partial charge in [-0.15, -0.1) is 0 Å². The molecule has 3 nitrogen and oxygen atoms in total. The molecule has 2 N–H and O–H groups in total. The molecule has 0 aliphatic heterocycles. The normalized spacial score (nSPS) is 22.8. The van der Waals surface area contributed by atoms with Crippen LogP contribution >= 0.6 is 0 Å². The Labute approximate surface area is 109 Å². The molecular weight excluding hydrogens is 224 g/mol. The summed E-state index contributed by atoms with van der Waals surface area (Å²) in [7, 11) is 1.89. The van der Waals surface area contributed by atoms with Crippen molar-refractivity contribution < 1.29 is 4.79 Å². The van der Waals surface area contributed by atoms with Crippen LogP contribution in [0.15, 0.2) is 18.2 Å². The molecule has 0 spiro atoms. The van der Waals surface area contributed by atoms with E-state index in [2.05, 4.69) is 17.6 Å². The number of amides is 1. The number of carbonyl (C=O) groups excluding carboxylic acids is 1. The summed E-state index contributed by atoms with van der Waals surface area (Å²) in [6, 6.07) is 6.14. The van der Waals surface area contributed by atoms with Crippen molar-refractivity contribution >= 4 is 11.6 Å². The van der Waals surface area contributed by atoms with Crippen molar-refractivity contribution in [2.45, 2.75) is 39.2 Å². The van der Waals surface area contributed by atoms with Crippen molar-refractivity contribution in [2.24, 2.45) is 5.92 Å². The van der Waals surface area contributed by atoms with Crippen LogP contribution in [0.25, 0.3) is 0 Å². The fourth-order valence-electron chi connectivity index (χ4n) is 2.70. The van der Waals surface area contributed by atoms with Crippen molar-refractivity contribution in [3.63, 3.8) is 0 Å². The van der Waals surface area contributed by atoms with Gasteiger partial charge in [-0.05, 0) is 49.4 Å². The molecule has 1 aliphatic rings. The molecular formula is C15H22N2O. The van der Waals surface area contributed by atoms with E-state index in [1.54, 1.807) is 0 Å². The minimum absolute atomic E-state index is 0.0551. The Bertz CT molecular complexity index is 442. The SMILES string of the molecule is CNc1ccc(C(=O)NC2CCCC2C)cc1C. The van der Waals surface area contributed by atoms with Gasteiger partial charge in [0.05, 0.1) is 0 Å². The molecule has 0 radical (unpaired) electrons. The van der Waals surface area contributed by atoms with E-state index in [0.717, 1.165) is 23.2 Å². The monoisotopic (exact) mass is 246 g/mol. The van der Waals surface area contributed by atoms with Gasteiger partial charge in [0.25, 0.3) is 5.91 Å². The molecule has 18 heavy (non-hydrogen) atoms. The van der Waals surface area contributed by atoms with Gasteiger partial charge in [-0.2, -0.15) is 0 Å². The van der Waals surface area contributed by atoms with Crippen molar-refractivity contribution in [3.05, 3.63) is 29.3 Å². The number of carbonyl (C=O) groups is 1. The molecule has 2 rings (SSSR count). The lowest BCUT2D eigenvalue weighted by atomic mass is 10.0. The van der Waals surface area contributed by atoms with Gasteiger partial charge in [-0.25, -0.2) is 0 Å². The van der Waals surface area contributed by atoms with Gasteiger partial charge in [-0.1, -0.05) is 13.3 Å². The second-order valence-electron chi connectivity index (χ2n) is 5.27. The third kappa shape index (κ3) is 2.66.